The van der Waals surface area contributed by atoms with Crippen molar-refractivity contribution in [1.29, 1.82) is 0 Å². The Hall–Kier alpha value is -0.730. The van der Waals surface area contributed by atoms with Crippen LogP contribution in [0, 0.1) is 0 Å². The predicted molar refractivity (Wildman–Crippen MR) is 65.7 cm³/mol. The van der Waals surface area contributed by atoms with Gasteiger partial charge >= 0.3 is 0 Å². The van der Waals surface area contributed by atoms with E-state index in [1.165, 1.54) is 5.69 Å². The van der Waals surface area contributed by atoms with Gasteiger partial charge in [-0.3, -0.25) is 0 Å². The van der Waals surface area contributed by atoms with E-state index in [1.807, 2.05) is 18.2 Å². The Balaban J connectivity index is 2.22. The van der Waals surface area contributed by atoms with Crippen molar-refractivity contribution >= 4 is 17.3 Å². The van der Waals surface area contributed by atoms with Crippen molar-refractivity contribution in [2.75, 3.05) is 18.0 Å². The van der Waals surface area contributed by atoms with Crippen molar-refractivity contribution in [2.45, 2.75) is 25.9 Å². The first-order chi connectivity index (χ1) is 7.18. The van der Waals surface area contributed by atoms with E-state index < -0.39 is 0 Å². The van der Waals surface area contributed by atoms with Crippen LogP contribution in [0.25, 0.3) is 0 Å². The first-order valence-corrected chi connectivity index (χ1v) is 5.82. The van der Waals surface area contributed by atoms with E-state index in [4.69, 9.17) is 11.6 Å². The standard InChI is InChI=1S/C12H17ClN2/c1-9-10(2)15(7-6-14-9)12-5-3-4-11(13)8-12/h3-5,8-10,14H,6-7H2,1-2H3. The topological polar surface area (TPSA) is 15.3 Å². The molecular formula is C12H17ClN2. The normalized spacial score (nSPS) is 26.7. The molecule has 82 valence electrons. The summed E-state index contributed by atoms with van der Waals surface area (Å²) in [6.45, 7) is 6.56. The Morgan fingerprint density at radius 1 is 1.40 bits per heavy atom. The molecule has 2 nitrogen and oxygen atoms in total. The van der Waals surface area contributed by atoms with E-state index >= 15 is 0 Å². The molecule has 2 atom stereocenters. The Kier molecular flexibility index (Phi) is 3.17. The maximum absolute atomic E-state index is 6.01. The SMILES string of the molecule is CC1NCCN(c2cccc(Cl)c2)C1C. The fourth-order valence-electron chi connectivity index (χ4n) is 2.08. The summed E-state index contributed by atoms with van der Waals surface area (Å²) in [7, 11) is 0. The number of anilines is 1. The first-order valence-electron chi connectivity index (χ1n) is 5.44. The Morgan fingerprint density at radius 3 is 2.93 bits per heavy atom. The van der Waals surface area contributed by atoms with Crippen LogP contribution in [-0.2, 0) is 0 Å². The number of rotatable bonds is 1. The molecule has 2 unspecified atom stereocenters. The van der Waals surface area contributed by atoms with E-state index in [2.05, 4.69) is 30.1 Å². The molecule has 1 aromatic rings. The minimum Gasteiger partial charge on any atom is -0.366 e. The molecule has 0 aliphatic carbocycles. The number of nitrogens with one attached hydrogen (secondary N) is 1. The fourth-order valence-corrected chi connectivity index (χ4v) is 2.26. The average molecular weight is 225 g/mol. The summed E-state index contributed by atoms with van der Waals surface area (Å²) in [5, 5.41) is 4.28. The van der Waals surface area contributed by atoms with Crippen LogP contribution < -0.4 is 10.2 Å². The van der Waals surface area contributed by atoms with Gasteiger partial charge in [0.25, 0.3) is 0 Å². The molecule has 15 heavy (non-hydrogen) atoms. The zero-order valence-corrected chi connectivity index (χ0v) is 9.96. The largest absolute Gasteiger partial charge is 0.366 e. The number of hydrogen-bond donors (Lipinski definition) is 1. The lowest BCUT2D eigenvalue weighted by Gasteiger charge is -2.40. The van der Waals surface area contributed by atoms with Crippen molar-refractivity contribution in [1.82, 2.24) is 5.32 Å². The van der Waals surface area contributed by atoms with Gasteiger partial charge in [0.1, 0.15) is 0 Å². The smallest absolute Gasteiger partial charge is 0.0426 e. The van der Waals surface area contributed by atoms with Gasteiger partial charge in [0.05, 0.1) is 0 Å². The van der Waals surface area contributed by atoms with Gasteiger partial charge in [-0.15, -0.1) is 0 Å². The first kappa shape index (κ1) is 10.8. The highest BCUT2D eigenvalue weighted by Gasteiger charge is 2.24. The fraction of sp³-hybridized carbons (Fsp3) is 0.500. The molecule has 1 aromatic carbocycles. The summed E-state index contributed by atoms with van der Waals surface area (Å²) >= 11 is 6.01. The molecule has 1 saturated heterocycles. The monoisotopic (exact) mass is 224 g/mol. The number of piperazine rings is 1. The number of hydrogen-bond acceptors (Lipinski definition) is 2. The minimum absolute atomic E-state index is 0.511. The van der Waals surface area contributed by atoms with Crippen molar-refractivity contribution in [2.24, 2.45) is 0 Å². The molecule has 0 bridgehead atoms. The summed E-state index contributed by atoms with van der Waals surface area (Å²) in [5.74, 6) is 0. The highest BCUT2D eigenvalue weighted by atomic mass is 35.5. The molecule has 0 amide bonds. The van der Waals surface area contributed by atoms with Gasteiger partial charge < -0.3 is 10.2 Å². The van der Waals surface area contributed by atoms with Crippen LogP contribution in [0.1, 0.15) is 13.8 Å². The van der Waals surface area contributed by atoms with E-state index in [0.717, 1.165) is 18.1 Å². The van der Waals surface area contributed by atoms with Crippen molar-refractivity contribution in [3.8, 4) is 0 Å². The molecule has 0 saturated carbocycles. The van der Waals surface area contributed by atoms with Crippen LogP contribution >= 0.6 is 11.6 Å². The molecule has 1 aliphatic rings. The Morgan fingerprint density at radius 2 is 2.20 bits per heavy atom. The van der Waals surface area contributed by atoms with Crippen molar-refractivity contribution in [3.63, 3.8) is 0 Å². The van der Waals surface area contributed by atoms with Crippen LogP contribution in [0.2, 0.25) is 5.02 Å². The zero-order chi connectivity index (χ0) is 10.8. The predicted octanol–water partition coefficient (Wildman–Crippen LogP) is 2.53. The lowest BCUT2D eigenvalue weighted by Crippen LogP contribution is -2.55. The van der Waals surface area contributed by atoms with Crippen LogP contribution in [0.5, 0.6) is 0 Å². The molecule has 0 radical (unpaired) electrons. The number of benzene rings is 1. The third kappa shape index (κ3) is 2.27. The lowest BCUT2D eigenvalue weighted by atomic mass is 10.1. The summed E-state index contributed by atoms with van der Waals surface area (Å²) in [5.41, 5.74) is 1.23. The molecule has 3 heteroatoms. The molecule has 2 rings (SSSR count). The van der Waals surface area contributed by atoms with E-state index in [-0.39, 0.29) is 0 Å². The van der Waals surface area contributed by atoms with Crippen molar-refractivity contribution in [3.05, 3.63) is 29.3 Å². The quantitative estimate of drug-likeness (QED) is 0.789. The average Bonchev–Trinajstić information content (AvgIpc) is 2.22. The molecule has 1 fully saturated rings. The highest BCUT2D eigenvalue weighted by Crippen LogP contribution is 2.23. The summed E-state index contributed by atoms with van der Waals surface area (Å²) in [4.78, 5) is 2.41. The maximum Gasteiger partial charge on any atom is 0.0426 e. The second kappa shape index (κ2) is 4.42. The van der Waals surface area contributed by atoms with Gasteiger partial charge in [-0.05, 0) is 32.0 Å². The van der Waals surface area contributed by atoms with Crippen LogP contribution in [-0.4, -0.2) is 25.2 Å². The lowest BCUT2D eigenvalue weighted by molar-refractivity contribution is 0.404. The third-order valence-corrected chi connectivity index (χ3v) is 3.41. The third-order valence-electron chi connectivity index (χ3n) is 3.17. The molecule has 1 aliphatic heterocycles. The maximum atomic E-state index is 6.01. The van der Waals surface area contributed by atoms with Gasteiger partial charge in [0, 0.05) is 35.9 Å². The highest BCUT2D eigenvalue weighted by molar-refractivity contribution is 6.30. The molecule has 1 heterocycles. The van der Waals surface area contributed by atoms with Gasteiger partial charge in [0.2, 0.25) is 0 Å². The molecule has 1 N–H and O–H groups in total. The Labute approximate surface area is 96.2 Å². The molecular weight excluding hydrogens is 208 g/mol. The van der Waals surface area contributed by atoms with Gasteiger partial charge in [-0.2, -0.15) is 0 Å². The summed E-state index contributed by atoms with van der Waals surface area (Å²) < 4.78 is 0. The van der Waals surface area contributed by atoms with Gasteiger partial charge in [-0.25, -0.2) is 0 Å². The van der Waals surface area contributed by atoms with Gasteiger partial charge in [-0.1, -0.05) is 17.7 Å². The number of halogens is 1. The second-order valence-corrected chi connectivity index (χ2v) is 4.59. The van der Waals surface area contributed by atoms with E-state index in [0.29, 0.717) is 12.1 Å². The Bertz CT molecular complexity index is 340. The molecule has 0 spiro atoms. The number of nitrogens with zero attached hydrogens (tertiary/aromatic N) is 1. The molecule has 0 aromatic heterocycles. The zero-order valence-electron chi connectivity index (χ0n) is 9.20. The van der Waals surface area contributed by atoms with E-state index in [9.17, 15) is 0 Å². The van der Waals surface area contributed by atoms with E-state index in [1.54, 1.807) is 0 Å². The summed E-state index contributed by atoms with van der Waals surface area (Å²) in [6, 6.07) is 9.13. The van der Waals surface area contributed by atoms with Crippen molar-refractivity contribution < 1.29 is 0 Å². The van der Waals surface area contributed by atoms with Gasteiger partial charge in [0.15, 0.2) is 0 Å². The second-order valence-electron chi connectivity index (χ2n) is 4.16. The van der Waals surface area contributed by atoms with Crippen LogP contribution in [0.3, 0.4) is 0 Å². The minimum atomic E-state index is 0.511. The van der Waals surface area contributed by atoms with Crippen LogP contribution in [0.4, 0.5) is 5.69 Å². The van der Waals surface area contributed by atoms with Crippen LogP contribution in [0.15, 0.2) is 24.3 Å². The summed E-state index contributed by atoms with van der Waals surface area (Å²) in [6.07, 6.45) is 0.